The number of hydrogen-bond acceptors (Lipinski definition) is 3. The molecule has 0 saturated carbocycles. The maximum atomic E-state index is 10.0. The molecule has 0 aliphatic carbocycles. The van der Waals surface area contributed by atoms with Gasteiger partial charge >= 0.3 is 5.97 Å². The molecule has 60 valence electrons. The summed E-state index contributed by atoms with van der Waals surface area (Å²) in [7, 11) is 0. The van der Waals surface area contributed by atoms with Gasteiger partial charge in [0.25, 0.3) is 0 Å². The first-order chi connectivity index (χ1) is 4.66. The zero-order chi connectivity index (χ0) is 7.98. The van der Waals surface area contributed by atoms with Gasteiger partial charge in [-0.05, 0) is 18.4 Å². The van der Waals surface area contributed by atoms with Gasteiger partial charge in [0.15, 0.2) is 0 Å². The highest BCUT2D eigenvalue weighted by Gasteiger charge is 2.07. The van der Waals surface area contributed by atoms with Gasteiger partial charge in [0.1, 0.15) is 0 Å². The molecule has 0 aromatic rings. The quantitative estimate of drug-likeness (QED) is 0.624. The van der Waals surface area contributed by atoms with Crippen molar-refractivity contribution in [3.63, 3.8) is 0 Å². The highest BCUT2D eigenvalue weighted by Crippen LogP contribution is 2.03. The van der Waals surface area contributed by atoms with Crippen molar-refractivity contribution in [2.75, 3.05) is 12.0 Å². The Bertz CT molecular complexity index is 105. The summed E-state index contributed by atoms with van der Waals surface area (Å²) in [6, 6.07) is 0. The van der Waals surface area contributed by atoms with Crippen LogP contribution in [0.2, 0.25) is 0 Å². The molecule has 0 aliphatic rings. The van der Waals surface area contributed by atoms with E-state index in [1.807, 2.05) is 6.26 Å². The molecular formula is C6H12O3S. The highest BCUT2D eigenvalue weighted by molar-refractivity contribution is 7.98. The van der Waals surface area contributed by atoms with Crippen molar-refractivity contribution in [2.45, 2.75) is 18.9 Å². The summed E-state index contributed by atoms with van der Waals surface area (Å²) < 4.78 is 0. The normalized spacial score (nSPS) is 13.0. The Kier molecular flexibility index (Phi) is 5.43. The maximum absolute atomic E-state index is 10.0. The van der Waals surface area contributed by atoms with Crippen LogP contribution in [0.1, 0.15) is 12.8 Å². The Balaban J connectivity index is 3.25. The number of aliphatic carboxylic acids is 1. The van der Waals surface area contributed by atoms with Crippen LogP contribution in [-0.4, -0.2) is 34.3 Å². The van der Waals surface area contributed by atoms with E-state index in [0.717, 1.165) is 5.75 Å². The molecule has 10 heavy (non-hydrogen) atoms. The van der Waals surface area contributed by atoms with Crippen LogP contribution in [0, 0.1) is 0 Å². The summed E-state index contributed by atoms with van der Waals surface area (Å²) in [5.74, 6) is -0.123. The van der Waals surface area contributed by atoms with E-state index in [9.17, 15) is 4.79 Å². The predicted octanol–water partition coefficient (Wildman–Crippen LogP) is 0.575. The average Bonchev–Trinajstić information content (AvgIpc) is 1.82. The molecule has 0 heterocycles. The van der Waals surface area contributed by atoms with Crippen LogP contribution in [0.4, 0.5) is 0 Å². The third kappa shape index (κ3) is 5.91. The van der Waals surface area contributed by atoms with Crippen LogP contribution in [0.5, 0.6) is 0 Å². The van der Waals surface area contributed by atoms with Gasteiger partial charge in [-0.25, -0.2) is 0 Å². The molecule has 2 N–H and O–H groups in total. The molecule has 1 atom stereocenters. The lowest BCUT2D eigenvalue weighted by Gasteiger charge is -2.04. The summed E-state index contributed by atoms with van der Waals surface area (Å²) in [6.45, 7) is 0. The molecule has 0 fully saturated rings. The molecule has 0 rings (SSSR count). The molecule has 0 unspecified atom stereocenters. The molecule has 3 nitrogen and oxygen atoms in total. The molecule has 0 aromatic heterocycles. The second-order valence-corrected chi connectivity index (χ2v) is 3.02. The van der Waals surface area contributed by atoms with E-state index in [1.165, 1.54) is 0 Å². The number of hydrogen-bond donors (Lipinski definition) is 2. The van der Waals surface area contributed by atoms with Crippen molar-refractivity contribution in [1.82, 2.24) is 0 Å². The Labute approximate surface area is 64.4 Å². The first-order valence-electron chi connectivity index (χ1n) is 3.05. The minimum atomic E-state index is -0.936. The third-order valence-electron chi connectivity index (χ3n) is 1.07. The number of rotatable bonds is 5. The third-order valence-corrected chi connectivity index (χ3v) is 1.71. The molecule has 0 saturated heterocycles. The SMILES string of the molecule is CSCC[C@H](O)CC(=O)O. The summed E-state index contributed by atoms with van der Waals surface area (Å²) in [5, 5.41) is 17.2. The average molecular weight is 164 g/mol. The van der Waals surface area contributed by atoms with E-state index in [4.69, 9.17) is 10.2 Å². The summed E-state index contributed by atoms with van der Waals surface area (Å²) in [6.07, 6.45) is 1.67. The first kappa shape index (κ1) is 9.78. The van der Waals surface area contributed by atoms with Crippen LogP contribution in [0.25, 0.3) is 0 Å². The Hall–Kier alpha value is -0.220. The molecule has 0 aliphatic heterocycles. The predicted molar refractivity (Wildman–Crippen MR) is 41.3 cm³/mol. The number of carboxylic acids is 1. The Morgan fingerprint density at radius 3 is 2.70 bits per heavy atom. The second kappa shape index (κ2) is 5.56. The van der Waals surface area contributed by atoms with E-state index in [-0.39, 0.29) is 6.42 Å². The lowest BCUT2D eigenvalue weighted by atomic mass is 10.2. The molecular weight excluding hydrogens is 152 g/mol. The maximum Gasteiger partial charge on any atom is 0.305 e. The van der Waals surface area contributed by atoms with E-state index in [0.29, 0.717) is 6.42 Å². The van der Waals surface area contributed by atoms with Crippen LogP contribution in [0.3, 0.4) is 0 Å². The second-order valence-electron chi connectivity index (χ2n) is 2.03. The van der Waals surface area contributed by atoms with Gasteiger partial charge in [-0.3, -0.25) is 4.79 Å². The van der Waals surface area contributed by atoms with Crippen LogP contribution in [-0.2, 0) is 4.79 Å². The van der Waals surface area contributed by atoms with E-state index >= 15 is 0 Å². The van der Waals surface area contributed by atoms with Gasteiger partial charge in [0.2, 0.25) is 0 Å². The molecule has 0 amide bonds. The minimum absolute atomic E-state index is 0.138. The molecule has 0 aromatic carbocycles. The first-order valence-corrected chi connectivity index (χ1v) is 4.45. The van der Waals surface area contributed by atoms with Gasteiger partial charge in [0, 0.05) is 0 Å². The number of thioether (sulfide) groups is 1. The number of aliphatic hydroxyl groups is 1. The van der Waals surface area contributed by atoms with Crippen molar-refractivity contribution in [1.29, 1.82) is 0 Å². The lowest BCUT2D eigenvalue weighted by molar-refractivity contribution is -0.139. The van der Waals surface area contributed by atoms with E-state index in [2.05, 4.69) is 0 Å². The fourth-order valence-corrected chi connectivity index (χ4v) is 1.07. The van der Waals surface area contributed by atoms with Gasteiger partial charge in [-0.1, -0.05) is 0 Å². The smallest absolute Gasteiger partial charge is 0.305 e. The van der Waals surface area contributed by atoms with Gasteiger partial charge in [0.05, 0.1) is 12.5 Å². The van der Waals surface area contributed by atoms with Crippen molar-refractivity contribution in [2.24, 2.45) is 0 Å². The fourth-order valence-electron chi connectivity index (χ4n) is 0.558. The van der Waals surface area contributed by atoms with E-state index < -0.39 is 12.1 Å². The van der Waals surface area contributed by atoms with Crippen molar-refractivity contribution in [3.05, 3.63) is 0 Å². The minimum Gasteiger partial charge on any atom is -0.481 e. The number of aliphatic hydroxyl groups excluding tert-OH is 1. The monoisotopic (exact) mass is 164 g/mol. The van der Waals surface area contributed by atoms with Crippen LogP contribution < -0.4 is 0 Å². The molecule has 0 bridgehead atoms. The largest absolute Gasteiger partial charge is 0.481 e. The number of carbonyl (C=O) groups is 1. The molecule has 0 radical (unpaired) electrons. The van der Waals surface area contributed by atoms with Crippen molar-refractivity contribution < 1.29 is 15.0 Å². The van der Waals surface area contributed by atoms with Gasteiger partial charge in [-0.2, -0.15) is 11.8 Å². The van der Waals surface area contributed by atoms with Crippen LogP contribution in [0.15, 0.2) is 0 Å². The van der Waals surface area contributed by atoms with Gasteiger partial charge < -0.3 is 10.2 Å². The van der Waals surface area contributed by atoms with Crippen molar-refractivity contribution >= 4 is 17.7 Å². The van der Waals surface area contributed by atoms with E-state index in [1.54, 1.807) is 11.8 Å². The van der Waals surface area contributed by atoms with Crippen molar-refractivity contribution in [3.8, 4) is 0 Å². The Morgan fingerprint density at radius 1 is 1.70 bits per heavy atom. The van der Waals surface area contributed by atoms with Gasteiger partial charge in [-0.15, -0.1) is 0 Å². The fraction of sp³-hybridized carbons (Fsp3) is 0.833. The lowest BCUT2D eigenvalue weighted by Crippen LogP contribution is -2.13. The van der Waals surface area contributed by atoms with Crippen LogP contribution >= 0.6 is 11.8 Å². The standard InChI is InChI=1S/C6H12O3S/c1-10-3-2-5(7)4-6(8)9/h5,7H,2-4H2,1H3,(H,8,9)/t5-/m0/s1. The number of carboxylic acid groups (broad SMARTS) is 1. The summed E-state index contributed by atoms with van der Waals surface area (Å²) in [4.78, 5) is 10.0. The molecule has 4 heteroatoms. The zero-order valence-corrected chi connectivity index (χ0v) is 6.73. The summed E-state index contributed by atoms with van der Waals surface area (Å²) in [5.41, 5.74) is 0. The molecule has 0 spiro atoms. The highest BCUT2D eigenvalue weighted by atomic mass is 32.2. The summed E-state index contributed by atoms with van der Waals surface area (Å²) >= 11 is 1.60. The Morgan fingerprint density at radius 2 is 2.30 bits per heavy atom. The zero-order valence-electron chi connectivity index (χ0n) is 5.91. The topological polar surface area (TPSA) is 57.5 Å².